The van der Waals surface area contributed by atoms with Gasteiger partial charge in [-0.3, -0.25) is 9.59 Å². The first-order valence-electron chi connectivity index (χ1n) is 8.76. The van der Waals surface area contributed by atoms with Crippen molar-refractivity contribution >= 4 is 29.6 Å². The van der Waals surface area contributed by atoms with E-state index in [1.54, 1.807) is 38.1 Å². The second-order valence-electron chi connectivity index (χ2n) is 6.80. The Balaban J connectivity index is 1.72. The Morgan fingerprint density at radius 1 is 1.11 bits per heavy atom. The predicted molar refractivity (Wildman–Crippen MR) is 106 cm³/mol. The van der Waals surface area contributed by atoms with Gasteiger partial charge in [0.25, 0.3) is 5.91 Å². The van der Waals surface area contributed by atoms with E-state index >= 15 is 0 Å². The third kappa shape index (κ3) is 4.03. The van der Waals surface area contributed by atoms with E-state index in [0.717, 1.165) is 10.5 Å². The Morgan fingerprint density at radius 3 is 2.32 bits per heavy atom. The molecule has 1 saturated heterocycles. The van der Waals surface area contributed by atoms with Crippen LogP contribution in [0.15, 0.2) is 42.1 Å². The van der Waals surface area contributed by atoms with Gasteiger partial charge in [-0.25, -0.2) is 9.69 Å². The van der Waals surface area contributed by atoms with Crippen molar-refractivity contribution in [3.05, 3.63) is 64.3 Å². The number of phenolic OH excluding ortho intramolecular Hbond substituents is 1. The summed E-state index contributed by atoms with van der Waals surface area (Å²) >= 11 is 0. The molecule has 0 spiro atoms. The summed E-state index contributed by atoms with van der Waals surface area (Å²) in [4.78, 5) is 37.7. The molecule has 7 heteroatoms. The number of amides is 4. The number of aryl methyl sites for hydroxylation is 3. The molecule has 1 aliphatic rings. The highest BCUT2D eigenvalue weighted by atomic mass is 16.3. The standard InChI is InChI=1S/C21H21N3O4/c1-12-4-6-16(7-5-12)22-18(25)11-24-20(27)17(23-21(24)28)10-15-8-13(2)19(26)14(3)9-15/h4-10,26H,11H2,1-3H3,(H,22,25)(H,23,28). The van der Waals surface area contributed by atoms with E-state index in [-0.39, 0.29) is 18.0 Å². The molecule has 0 radical (unpaired) electrons. The number of imide groups is 1. The topological polar surface area (TPSA) is 98.7 Å². The molecule has 2 aromatic carbocycles. The van der Waals surface area contributed by atoms with E-state index in [0.29, 0.717) is 22.4 Å². The summed E-state index contributed by atoms with van der Waals surface area (Å²) in [5, 5.41) is 15.0. The maximum absolute atomic E-state index is 12.5. The predicted octanol–water partition coefficient (Wildman–Crippen LogP) is 2.85. The fourth-order valence-corrected chi connectivity index (χ4v) is 2.94. The van der Waals surface area contributed by atoms with E-state index in [1.165, 1.54) is 6.08 Å². The van der Waals surface area contributed by atoms with Gasteiger partial charge in [0.15, 0.2) is 0 Å². The van der Waals surface area contributed by atoms with Gasteiger partial charge >= 0.3 is 6.03 Å². The number of urea groups is 1. The lowest BCUT2D eigenvalue weighted by atomic mass is 10.0. The quantitative estimate of drug-likeness (QED) is 0.562. The molecular formula is C21H21N3O4. The van der Waals surface area contributed by atoms with Crippen LogP contribution in [0.4, 0.5) is 10.5 Å². The first-order valence-corrected chi connectivity index (χ1v) is 8.76. The number of rotatable bonds is 4. The minimum Gasteiger partial charge on any atom is -0.507 e. The van der Waals surface area contributed by atoms with Crippen molar-refractivity contribution in [2.45, 2.75) is 20.8 Å². The van der Waals surface area contributed by atoms with Gasteiger partial charge in [0.1, 0.15) is 18.0 Å². The van der Waals surface area contributed by atoms with E-state index in [1.807, 2.05) is 19.1 Å². The van der Waals surface area contributed by atoms with Crippen LogP contribution in [0.5, 0.6) is 5.75 Å². The molecular weight excluding hydrogens is 358 g/mol. The molecule has 0 bridgehead atoms. The van der Waals surface area contributed by atoms with Crippen LogP contribution in [-0.4, -0.2) is 34.4 Å². The summed E-state index contributed by atoms with van der Waals surface area (Å²) in [6, 6.07) is 9.98. The van der Waals surface area contributed by atoms with E-state index in [9.17, 15) is 19.5 Å². The molecule has 3 rings (SSSR count). The molecule has 1 heterocycles. The second-order valence-corrected chi connectivity index (χ2v) is 6.80. The zero-order valence-electron chi connectivity index (χ0n) is 15.9. The number of nitrogens with zero attached hydrogens (tertiary/aromatic N) is 1. The molecule has 144 valence electrons. The lowest BCUT2D eigenvalue weighted by Crippen LogP contribution is -2.38. The summed E-state index contributed by atoms with van der Waals surface area (Å²) in [6.45, 7) is 5.05. The van der Waals surface area contributed by atoms with Crippen LogP contribution in [0.1, 0.15) is 22.3 Å². The van der Waals surface area contributed by atoms with Crippen LogP contribution < -0.4 is 10.6 Å². The first kappa shape index (κ1) is 19.2. The fourth-order valence-electron chi connectivity index (χ4n) is 2.94. The number of hydrogen-bond acceptors (Lipinski definition) is 4. The van der Waals surface area contributed by atoms with Crippen LogP contribution in [0.2, 0.25) is 0 Å². The molecule has 3 N–H and O–H groups in total. The first-order chi connectivity index (χ1) is 13.2. The van der Waals surface area contributed by atoms with Gasteiger partial charge in [0.05, 0.1) is 0 Å². The van der Waals surface area contributed by atoms with Crippen molar-refractivity contribution in [2.24, 2.45) is 0 Å². The lowest BCUT2D eigenvalue weighted by molar-refractivity contribution is -0.127. The van der Waals surface area contributed by atoms with E-state index < -0.39 is 17.8 Å². The van der Waals surface area contributed by atoms with E-state index in [4.69, 9.17) is 0 Å². The Morgan fingerprint density at radius 2 is 1.71 bits per heavy atom. The molecule has 2 aromatic rings. The number of anilines is 1. The number of aromatic hydroxyl groups is 1. The molecule has 28 heavy (non-hydrogen) atoms. The van der Waals surface area contributed by atoms with Gasteiger partial charge in [0, 0.05) is 5.69 Å². The molecule has 7 nitrogen and oxygen atoms in total. The SMILES string of the molecule is Cc1ccc(NC(=O)CN2C(=O)NC(=Cc3cc(C)c(O)c(C)c3)C2=O)cc1. The largest absolute Gasteiger partial charge is 0.507 e. The molecule has 1 aliphatic heterocycles. The average Bonchev–Trinajstić information content (AvgIpc) is 2.89. The van der Waals surface area contributed by atoms with Gasteiger partial charge in [-0.05, 0) is 67.8 Å². The highest BCUT2D eigenvalue weighted by molar-refractivity contribution is 6.15. The van der Waals surface area contributed by atoms with Gasteiger partial charge in [-0.15, -0.1) is 0 Å². The fraction of sp³-hybridized carbons (Fsp3) is 0.190. The monoisotopic (exact) mass is 379 g/mol. The van der Waals surface area contributed by atoms with Gasteiger partial charge in [0.2, 0.25) is 5.91 Å². The van der Waals surface area contributed by atoms with Crippen LogP contribution in [-0.2, 0) is 9.59 Å². The van der Waals surface area contributed by atoms with Crippen molar-refractivity contribution in [3.63, 3.8) is 0 Å². The summed E-state index contributed by atoms with van der Waals surface area (Å²) in [6.07, 6.45) is 1.53. The maximum Gasteiger partial charge on any atom is 0.329 e. The highest BCUT2D eigenvalue weighted by Gasteiger charge is 2.34. The molecule has 4 amide bonds. The smallest absolute Gasteiger partial charge is 0.329 e. The molecule has 0 aromatic heterocycles. The number of benzene rings is 2. The number of hydrogen-bond donors (Lipinski definition) is 3. The normalized spacial score (nSPS) is 15.1. The van der Waals surface area contributed by atoms with Crippen molar-refractivity contribution < 1.29 is 19.5 Å². The molecule has 0 saturated carbocycles. The maximum atomic E-state index is 12.5. The van der Waals surface area contributed by atoms with Gasteiger partial charge in [-0.1, -0.05) is 17.7 Å². The number of phenols is 1. The lowest BCUT2D eigenvalue weighted by Gasteiger charge is -2.12. The average molecular weight is 379 g/mol. The van der Waals surface area contributed by atoms with Crippen LogP contribution >= 0.6 is 0 Å². The summed E-state index contributed by atoms with van der Waals surface area (Å²) in [7, 11) is 0. The Bertz CT molecular complexity index is 970. The molecule has 0 aliphatic carbocycles. The zero-order chi connectivity index (χ0) is 20.4. The summed E-state index contributed by atoms with van der Waals surface area (Å²) in [5.74, 6) is -0.851. The van der Waals surface area contributed by atoms with Gasteiger partial charge < -0.3 is 15.7 Å². The number of carbonyl (C=O) groups is 3. The van der Waals surface area contributed by atoms with Crippen LogP contribution in [0.3, 0.4) is 0 Å². The van der Waals surface area contributed by atoms with Crippen molar-refractivity contribution in [1.29, 1.82) is 0 Å². The highest BCUT2D eigenvalue weighted by Crippen LogP contribution is 2.24. The number of carbonyl (C=O) groups excluding carboxylic acids is 3. The van der Waals surface area contributed by atoms with Crippen molar-refractivity contribution in [1.82, 2.24) is 10.2 Å². The Kier molecular flexibility index (Phi) is 5.17. The Labute approximate surface area is 162 Å². The Hall–Kier alpha value is -3.61. The van der Waals surface area contributed by atoms with Crippen molar-refractivity contribution in [3.8, 4) is 5.75 Å². The summed E-state index contributed by atoms with van der Waals surface area (Å²) in [5.41, 5.74) is 3.73. The van der Waals surface area contributed by atoms with Crippen molar-refractivity contribution in [2.75, 3.05) is 11.9 Å². The number of nitrogens with one attached hydrogen (secondary N) is 2. The van der Waals surface area contributed by atoms with Crippen LogP contribution in [0, 0.1) is 20.8 Å². The minimum atomic E-state index is -0.650. The van der Waals surface area contributed by atoms with E-state index in [2.05, 4.69) is 10.6 Å². The third-order valence-electron chi connectivity index (χ3n) is 4.42. The summed E-state index contributed by atoms with van der Waals surface area (Å²) < 4.78 is 0. The molecule has 0 atom stereocenters. The third-order valence-corrected chi connectivity index (χ3v) is 4.42. The second kappa shape index (κ2) is 7.56. The van der Waals surface area contributed by atoms with Gasteiger partial charge in [-0.2, -0.15) is 0 Å². The molecule has 1 fully saturated rings. The van der Waals surface area contributed by atoms with Crippen LogP contribution in [0.25, 0.3) is 6.08 Å². The molecule has 0 unspecified atom stereocenters. The minimum absolute atomic E-state index is 0.0811. The zero-order valence-corrected chi connectivity index (χ0v) is 15.9.